The number of nitrogens with one attached hydrogen (secondary N) is 2. The zero-order valence-electron chi connectivity index (χ0n) is 13.7. The Bertz CT molecular complexity index is 796. The summed E-state index contributed by atoms with van der Waals surface area (Å²) < 4.78 is 0. The summed E-state index contributed by atoms with van der Waals surface area (Å²) in [4.78, 5) is 25.2. The minimum atomic E-state index is -0.976. The van der Waals surface area contributed by atoms with Crippen LogP contribution in [0.2, 0.25) is 5.02 Å². The van der Waals surface area contributed by atoms with E-state index in [0.717, 1.165) is 16.8 Å². The zero-order chi connectivity index (χ0) is 17.3. The van der Waals surface area contributed by atoms with Gasteiger partial charge < -0.3 is 10.6 Å². The Balaban J connectivity index is 1.72. The van der Waals surface area contributed by atoms with Gasteiger partial charge in [0.05, 0.1) is 0 Å². The number of benzene rings is 2. The van der Waals surface area contributed by atoms with Crippen LogP contribution in [0.15, 0.2) is 42.5 Å². The first-order valence-corrected chi connectivity index (χ1v) is 8.24. The third-order valence-corrected chi connectivity index (χ3v) is 4.61. The number of carbonyl (C=O) groups excluding carboxylic acids is 2. The molecule has 0 unspecified atom stereocenters. The van der Waals surface area contributed by atoms with Crippen LogP contribution >= 0.6 is 11.6 Å². The molecule has 0 saturated heterocycles. The van der Waals surface area contributed by atoms with E-state index in [9.17, 15) is 9.59 Å². The minimum Gasteiger partial charge on any atom is -0.325 e. The molecule has 0 bridgehead atoms. The quantitative estimate of drug-likeness (QED) is 0.813. The summed E-state index contributed by atoms with van der Waals surface area (Å²) in [5.74, 6) is -0.518. The van der Waals surface area contributed by atoms with Crippen molar-refractivity contribution in [2.24, 2.45) is 5.41 Å². The second kappa shape index (κ2) is 6.29. The number of hydrogen-bond acceptors (Lipinski definition) is 2. The molecule has 0 aromatic heterocycles. The average Bonchev–Trinajstić information content (AvgIpc) is 3.35. The van der Waals surface area contributed by atoms with E-state index in [1.54, 1.807) is 24.3 Å². The van der Waals surface area contributed by atoms with Crippen molar-refractivity contribution in [3.63, 3.8) is 0 Å². The van der Waals surface area contributed by atoms with Crippen molar-refractivity contribution in [2.75, 3.05) is 10.6 Å². The van der Waals surface area contributed by atoms with Crippen molar-refractivity contribution < 1.29 is 9.59 Å². The molecule has 2 N–H and O–H groups in total. The first-order valence-electron chi connectivity index (χ1n) is 7.86. The van der Waals surface area contributed by atoms with Gasteiger partial charge in [-0.1, -0.05) is 23.7 Å². The molecule has 1 saturated carbocycles. The van der Waals surface area contributed by atoms with E-state index in [1.807, 2.05) is 32.0 Å². The molecule has 4 nitrogen and oxygen atoms in total. The fourth-order valence-corrected chi connectivity index (χ4v) is 2.70. The van der Waals surface area contributed by atoms with Crippen LogP contribution in [0.1, 0.15) is 24.0 Å². The third kappa shape index (κ3) is 3.29. The van der Waals surface area contributed by atoms with E-state index in [1.165, 1.54) is 0 Å². The fraction of sp³-hybridized carbons (Fsp3) is 0.263. The summed E-state index contributed by atoms with van der Waals surface area (Å²) in [5.41, 5.74) is 2.45. The summed E-state index contributed by atoms with van der Waals surface area (Å²) in [6.45, 7) is 3.90. The molecule has 0 radical (unpaired) electrons. The third-order valence-electron chi connectivity index (χ3n) is 4.36. The molecule has 1 aliphatic rings. The van der Waals surface area contributed by atoms with Crippen LogP contribution in [0, 0.1) is 19.3 Å². The predicted octanol–water partition coefficient (Wildman–Crippen LogP) is 4.31. The maximum atomic E-state index is 12.7. The molecule has 2 amide bonds. The lowest BCUT2D eigenvalue weighted by Gasteiger charge is -2.17. The van der Waals surface area contributed by atoms with E-state index in [-0.39, 0.29) is 11.8 Å². The van der Waals surface area contributed by atoms with E-state index < -0.39 is 5.41 Å². The van der Waals surface area contributed by atoms with Crippen LogP contribution in [-0.2, 0) is 9.59 Å². The maximum Gasteiger partial charge on any atom is 0.240 e. The molecule has 1 aliphatic carbocycles. The molecule has 2 aromatic carbocycles. The number of aryl methyl sites for hydroxylation is 2. The first kappa shape index (κ1) is 16.5. The SMILES string of the molecule is Cc1ccc(C)c(NC(=O)C2(C(=O)Nc3ccc(Cl)cc3)CC2)c1. The van der Waals surface area contributed by atoms with Gasteiger partial charge in [0.25, 0.3) is 0 Å². The van der Waals surface area contributed by atoms with Gasteiger partial charge in [0.15, 0.2) is 0 Å². The van der Waals surface area contributed by atoms with Crippen molar-refractivity contribution in [3.05, 3.63) is 58.6 Å². The Morgan fingerprint density at radius 2 is 1.58 bits per heavy atom. The normalized spacial score (nSPS) is 14.8. The fourth-order valence-electron chi connectivity index (χ4n) is 2.58. The molecule has 0 heterocycles. The van der Waals surface area contributed by atoms with Crippen LogP contribution in [-0.4, -0.2) is 11.8 Å². The smallest absolute Gasteiger partial charge is 0.240 e. The number of rotatable bonds is 4. The second-order valence-electron chi connectivity index (χ2n) is 6.32. The predicted molar refractivity (Wildman–Crippen MR) is 96.3 cm³/mol. The summed E-state index contributed by atoms with van der Waals surface area (Å²) in [5, 5.41) is 6.31. The van der Waals surface area contributed by atoms with Crippen LogP contribution < -0.4 is 10.6 Å². The highest BCUT2D eigenvalue weighted by atomic mass is 35.5. The van der Waals surface area contributed by atoms with E-state index in [0.29, 0.717) is 23.6 Å². The minimum absolute atomic E-state index is 0.248. The molecule has 5 heteroatoms. The van der Waals surface area contributed by atoms with Gasteiger partial charge in [-0.2, -0.15) is 0 Å². The Kier molecular flexibility index (Phi) is 4.33. The standard InChI is InChI=1S/C19H19ClN2O2/c1-12-3-4-13(2)16(11-12)22-18(24)19(9-10-19)17(23)21-15-7-5-14(20)6-8-15/h3-8,11H,9-10H2,1-2H3,(H,21,23)(H,22,24). The first-order chi connectivity index (χ1) is 11.4. The highest BCUT2D eigenvalue weighted by molar-refractivity contribution is 6.30. The van der Waals surface area contributed by atoms with E-state index in [4.69, 9.17) is 11.6 Å². The summed E-state index contributed by atoms with van der Waals surface area (Å²) in [6.07, 6.45) is 1.12. The van der Waals surface area contributed by atoms with Crippen LogP contribution in [0.25, 0.3) is 0 Å². The Labute approximate surface area is 146 Å². The van der Waals surface area contributed by atoms with Crippen molar-refractivity contribution in [1.82, 2.24) is 0 Å². The number of carbonyl (C=O) groups is 2. The van der Waals surface area contributed by atoms with Gasteiger partial charge in [0.1, 0.15) is 5.41 Å². The maximum absolute atomic E-state index is 12.7. The van der Waals surface area contributed by atoms with Crippen LogP contribution in [0.3, 0.4) is 0 Å². The molecule has 0 aliphatic heterocycles. The lowest BCUT2D eigenvalue weighted by atomic mass is 10.0. The summed E-state index contributed by atoms with van der Waals surface area (Å²) in [7, 11) is 0. The van der Waals surface area contributed by atoms with Gasteiger partial charge in [-0.05, 0) is 68.1 Å². The highest BCUT2D eigenvalue weighted by Crippen LogP contribution is 2.47. The zero-order valence-corrected chi connectivity index (χ0v) is 14.4. The molecule has 24 heavy (non-hydrogen) atoms. The number of halogens is 1. The number of hydrogen-bond donors (Lipinski definition) is 2. The largest absolute Gasteiger partial charge is 0.325 e. The topological polar surface area (TPSA) is 58.2 Å². The van der Waals surface area contributed by atoms with Crippen molar-refractivity contribution >= 4 is 34.8 Å². The van der Waals surface area contributed by atoms with Gasteiger partial charge in [-0.15, -0.1) is 0 Å². The average molecular weight is 343 g/mol. The van der Waals surface area contributed by atoms with Crippen molar-refractivity contribution in [3.8, 4) is 0 Å². The number of amides is 2. The molecule has 3 rings (SSSR count). The monoisotopic (exact) mass is 342 g/mol. The molecule has 1 fully saturated rings. The van der Waals surface area contributed by atoms with Crippen molar-refractivity contribution in [1.29, 1.82) is 0 Å². The van der Waals surface area contributed by atoms with Gasteiger partial charge in [-0.25, -0.2) is 0 Å². The van der Waals surface area contributed by atoms with E-state index >= 15 is 0 Å². The summed E-state index contributed by atoms with van der Waals surface area (Å²) >= 11 is 5.84. The van der Waals surface area contributed by atoms with Gasteiger partial charge in [0.2, 0.25) is 11.8 Å². The molecule has 0 spiro atoms. The Morgan fingerprint density at radius 1 is 0.958 bits per heavy atom. The Morgan fingerprint density at radius 3 is 2.21 bits per heavy atom. The summed E-state index contributed by atoms with van der Waals surface area (Å²) in [6, 6.07) is 12.7. The molecule has 2 aromatic rings. The molecular formula is C19H19ClN2O2. The lowest BCUT2D eigenvalue weighted by Crippen LogP contribution is -2.35. The highest BCUT2D eigenvalue weighted by Gasteiger charge is 2.56. The molecular weight excluding hydrogens is 324 g/mol. The van der Waals surface area contributed by atoms with Gasteiger partial charge in [0, 0.05) is 16.4 Å². The van der Waals surface area contributed by atoms with Crippen LogP contribution in [0.5, 0.6) is 0 Å². The van der Waals surface area contributed by atoms with Crippen molar-refractivity contribution in [2.45, 2.75) is 26.7 Å². The van der Waals surface area contributed by atoms with E-state index in [2.05, 4.69) is 10.6 Å². The molecule has 0 atom stereocenters. The Hall–Kier alpha value is -2.33. The molecule has 124 valence electrons. The van der Waals surface area contributed by atoms with Gasteiger partial charge in [-0.3, -0.25) is 9.59 Å². The lowest BCUT2D eigenvalue weighted by molar-refractivity contribution is -0.131. The van der Waals surface area contributed by atoms with Crippen LogP contribution in [0.4, 0.5) is 11.4 Å². The number of anilines is 2. The van der Waals surface area contributed by atoms with Gasteiger partial charge >= 0.3 is 0 Å². The second-order valence-corrected chi connectivity index (χ2v) is 6.75.